The van der Waals surface area contributed by atoms with Gasteiger partial charge in [0.15, 0.2) is 0 Å². The molecule has 0 saturated heterocycles. The van der Waals surface area contributed by atoms with Crippen molar-refractivity contribution in [2.24, 2.45) is 0 Å². The van der Waals surface area contributed by atoms with E-state index in [0.717, 1.165) is 17.2 Å². The Labute approximate surface area is 247 Å². The highest BCUT2D eigenvalue weighted by Gasteiger charge is 2.11. The summed E-state index contributed by atoms with van der Waals surface area (Å²) in [5.74, 6) is -0.912. The second kappa shape index (κ2) is 18.2. The van der Waals surface area contributed by atoms with Crippen molar-refractivity contribution in [1.82, 2.24) is 0 Å². The van der Waals surface area contributed by atoms with Crippen LogP contribution in [0, 0.1) is 0 Å². The number of rotatable bonds is 14. The van der Waals surface area contributed by atoms with Crippen LogP contribution < -0.4 is 4.74 Å². The first kappa shape index (κ1) is 33.0. The number of allylic oxidation sites excluding steroid dienone is 2. The molecule has 0 aliphatic rings. The van der Waals surface area contributed by atoms with E-state index < -0.39 is 17.9 Å². The van der Waals surface area contributed by atoms with Crippen molar-refractivity contribution in [2.75, 3.05) is 13.2 Å². The van der Waals surface area contributed by atoms with Crippen LogP contribution >= 0.6 is 0 Å². The summed E-state index contributed by atoms with van der Waals surface area (Å²) < 4.78 is 21.0. The molecule has 0 fully saturated rings. The topological polar surface area (TPSA) is 88.1 Å². The van der Waals surface area contributed by atoms with Crippen molar-refractivity contribution < 1.29 is 33.3 Å². The Morgan fingerprint density at radius 1 is 0.667 bits per heavy atom. The number of hydrogen-bond donors (Lipinski definition) is 0. The molecule has 3 aromatic carbocycles. The molecule has 0 amide bonds. The quantitative estimate of drug-likeness (QED) is 0.0488. The summed E-state index contributed by atoms with van der Waals surface area (Å²) in [5, 5.41) is 0. The summed E-state index contributed by atoms with van der Waals surface area (Å²) in [4.78, 5) is 35.8. The van der Waals surface area contributed by atoms with Crippen molar-refractivity contribution in [3.05, 3.63) is 139 Å². The fourth-order valence-corrected chi connectivity index (χ4v) is 3.35. The van der Waals surface area contributed by atoms with E-state index in [4.69, 9.17) is 18.9 Å². The van der Waals surface area contributed by atoms with Crippen molar-refractivity contribution in [1.29, 1.82) is 0 Å². The lowest BCUT2D eigenvalue weighted by atomic mass is 10.0. The predicted octanol–water partition coefficient (Wildman–Crippen LogP) is 7.87. The number of unbranched alkanes of at least 4 members (excludes halogenated alkanes) is 1. The van der Waals surface area contributed by atoms with Crippen molar-refractivity contribution in [3.8, 4) is 16.9 Å². The van der Waals surface area contributed by atoms with Gasteiger partial charge in [-0.25, -0.2) is 14.4 Å². The van der Waals surface area contributed by atoms with E-state index in [-0.39, 0.29) is 11.5 Å². The molecule has 3 aromatic rings. The Balaban J connectivity index is 0.00000301. The Morgan fingerprint density at radius 2 is 1.14 bits per heavy atom. The van der Waals surface area contributed by atoms with Crippen molar-refractivity contribution in [3.63, 3.8) is 0 Å². The molecule has 0 aromatic heterocycles. The third kappa shape index (κ3) is 11.5. The number of carbonyl (C=O) groups excluding carboxylic acids is 3. The lowest BCUT2D eigenvalue weighted by Gasteiger charge is -2.08. The summed E-state index contributed by atoms with van der Waals surface area (Å²) in [5.41, 5.74) is 2.71. The number of carbonyl (C=O) groups is 3. The zero-order valence-corrected chi connectivity index (χ0v) is 24.0. The second-order valence-corrected chi connectivity index (χ2v) is 8.44. The monoisotopic (exact) mass is 568 g/mol. The number of benzene rings is 3. The van der Waals surface area contributed by atoms with Crippen molar-refractivity contribution >= 4 is 17.9 Å². The van der Waals surface area contributed by atoms with Crippen LogP contribution in [0.15, 0.2) is 128 Å². The highest BCUT2D eigenvalue weighted by atomic mass is 16.5. The zero-order valence-electron chi connectivity index (χ0n) is 24.0. The molecule has 0 aliphatic carbocycles. The van der Waals surface area contributed by atoms with Gasteiger partial charge in [-0.2, -0.15) is 0 Å². The fraction of sp³-hybridized carbons (Fsp3) is 0.171. The molecule has 0 heterocycles. The number of hydrogen-bond acceptors (Lipinski definition) is 7. The maximum atomic E-state index is 12.4. The van der Waals surface area contributed by atoms with Crippen LogP contribution in [-0.2, 0) is 19.0 Å². The molecular weight excluding hydrogens is 532 g/mol. The zero-order chi connectivity index (χ0) is 30.7. The van der Waals surface area contributed by atoms with Crippen LogP contribution in [0.25, 0.3) is 11.1 Å². The van der Waals surface area contributed by atoms with Crippen LogP contribution in [0.2, 0.25) is 0 Å². The lowest BCUT2D eigenvalue weighted by molar-refractivity contribution is -0.137. The average molecular weight is 569 g/mol. The van der Waals surface area contributed by atoms with E-state index in [1.807, 2.05) is 56.3 Å². The Morgan fingerprint density at radius 3 is 1.67 bits per heavy atom. The van der Waals surface area contributed by atoms with Gasteiger partial charge in [0, 0.05) is 6.08 Å². The van der Waals surface area contributed by atoms with Gasteiger partial charge in [-0.1, -0.05) is 76.0 Å². The molecule has 0 atom stereocenters. The first-order chi connectivity index (χ1) is 20.4. The highest BCUT2D eigenvalue weighted by molar-refractivity contribution is 5.91. The number of esters is 3. The van der Waals surface area contributed by atoms with Gasteiger partial charge in [-0.05, 0) is 72.5 Å². The molecule has 218 valence electrons. The molecular formula is C35H36O7. The molecule has 3 rings (SSSR count). The van der Waals surface area contributed by atoms with E-state index in [9.17, 15) is 14.4 Å². The third-order valence-corrected chi connectivity index (χ3v) is 5.44. The summed E-state index contributed by atoms with van der Waals surface area (Å²) in [6, 6.07) is 23.3. The summed E-state index contributed by atoms with van der Waals surface area (Å²) >= 11 is 0. The first-order valence-electron chi connectivity index (χ1n) is 13.5. The SMILES string of the molecule is C=CC(=O)OCCCCOc1ccc(C(=O)OC(=C)/C=C\C(=C)OC(=O)c2ccc(-c3ccccc3)cc2)cc1.CC. The van der Waals surface area contributed by atoms with Gasteiger partial charge < -0.3 is 18.9 Å². The van der Waals surface area contributed by atoms with Crippen LogP contribution in [0.5, 0.6) is 5.75 Å². The Hall–Kier alpha value is -5.17. The molecule has 0 aliphatic heterocycles. The van der Waals surface area contributed by atoms with Gasteiger partial charge in [0.25, 0.3) is 0 Å². The van der Waals surface area contributed by atoms with Gasteiger partial charge in [0.2, 0.25) is 0 Å². The summed E-state index contributed by atoms with van der Waals surface area (Å²) in [6.45, 7) is 15.5. The van der Waals surface area contributed by atoms with E-state index in [0.29, 0.717) is 42.9 Å². The summed E-state index contributed by atoms with van der Waals surface area (Å²) in [6.07, 6.45) is 5.25. The maximum absolute atomic E-state index is 12.4. The third-order valence-electron chi connectivity index (χ3n) is 5.44. The van der Waals surface area contributed by atoms with Crippen LogP contribution in [0.4, 0.5) is 0 Å². The number of ether oxygens (including phenoxy) is 4. The summed E-state index contributed by atoms with van der Waals surface area (Å²) in [7, 11) is 0. The van der Waals surface area contributed by atoms with Gasteiger partial charge in [-0.3, -0.25) is 0 Å². The molecule has 0 unspecified atom stereocenters. The fourth-order valence-electron chi connectivity index (χ4n) is 3.35. The highest BCUT2D eigenvalue weighted by Crippen LogP contribution is 2.20. The minimum atomic E-state index is -0.605. The molecule has 0 radical (unpaired) electrons. The van der Waals surface area contributed by atoms with Crippen LogP contribution in [-0.4, -0.2) is 31.1 Å². The normalized spacial score (nSPS) is 10.0. The Kier molecular flexibility index (Phi) is 14.3. The van der Waals surface area contributed by atoms with E-state index >= 15 is 0 Å². The standard InChI is InChI=1S/C33H30O7.C2H6/c1-4-31(34)38-23-9-8-22-37-30-20-18-29(19-21-30)33(36)40-25(3)13-12-24(2)39-32(35)28-16-14-27(15-17-28)26-10-6-5-7-11-26;1-2/h4-7,10-21H,1-3,8-9,22-23H2;1-2H3/b13-12-;. The van der Waals surface area contributed by atoms with Crippen LogP contribution in [0.3, 0.4) is 0 Å². The van der Waals surface area contributed by atoms with E-state index in [1.165, 1.54) is 12.2 Å². The molecule has 7 heteroatoms. The molecule has 0 N–H and O–H groups in total. The van der Waals surface area contributed by atoms with Gasteiger partial charge in [-0.15, -0.1) is 0 Å². The smallest absolute Gasteiger partial charge is 0.343 e. The predicted molar refractivity (Wildman–Crippen MR) is 164 cm³/mol. The van der Waals surface area contributed by atoms with Gasteiger partial charge in [0.1, 0.15) is 17.3 Å². The molecule has 7 nitrogen and oxygen atoms in total. The first-order valence-corrected chi connectivity index (χ1v) is 13.5. The van der Waals surface area contributed by atoms with Gasteiger partial charge >= 0.3 is 17.9 Å². The minimum Gasteiger partial charge on any atom is -0.494 e. The second-order valence-electron chi connectivity index (χ2n) is 8.44. The minimum absolute atomic E-state index is 0.0481. The van der Waals surface area contributed by atoms with Crippen LogP contribution in [0.1, 0.15) is 47.4 Å². The molecule has 0 saturated carbocycles. The average Bonchev–Trinajstić information content (AvgIpc) is 3.03. The lowest BCUT2D eigenvalue weighted by Crippen LogP contribution is -2.05. The largest absolute Gasteiger partial charge is 0.494 e. The Bertz CT molecular complexity index is 1370. The van der Waals surface area contributed by atoms with E-state index in [1.54, 1.807) is 36.4 Å². The molecule has 0 bridgehead atoms. The van der Waals surface area contributed by atoms with Gasteiger partial charge in [0.05, 0.1) is 24.3 Å². The molecule has 42 heavy (non-hydrogen) atoms. The maximum Gasteiger partial charge on any atom is 0.343 e. The van der Waals surface area contributed by atoms with E-state index in [2.05, 4.69) is 19.7 Å². The van der Waals surface area contributed by atoms with Crippen molar-refractivity contribution in [2.45, 2.75) is 26.7 Å². The molecule has 0 spiro atoms.